The predicted molar refractivity (Wildman–Crippen MR) is 104 cm³/mol. The van der Waals surface area contributed by atoms with Crippen LogP contribution in [0.5, 0.6) is 0 Å². The quantitative estimate of drug-likeness (QED) is 0.626. The van der Waals surface area contributed by atoms with Gasteiger partial charge < -0.3 is 10.4 Å². The van der Waals surface area contributed by atoms with Gasteiger partial charge in [0.05, 0.1) is 11.8 Å². The number of carbonyl (C=O) groups is 4. The van der Waals surface area contributed by atoms with Crippen molar-refractivity contribution in [1.29, 1.82) is 0 Å². The lowest BCUT2D eigenvalue weighted by Crippen LogP contribution is -2.54. The number of rotatable bonds is 5. The first-order valence-electron chi connectivity index (χ1n) is 9.70. The molecule has 4 rings (SSSR count). The van der Waals surface area contributed by atoms with E-state index in [2.05, 4.69) is 10.6 Å². The molecule has 0 radical (unpaired) electrons. The zero-order valence-corrected chi connectivity index (χ0v) is 16.8. The normalized spacial score (nSPS) is 31.2. The monoisotopic (exact) mass is 419 g/mol. The second-order valence-corrected chi connectivity index (χ2v) is 8.38. The molecule has 8 nitrogen and oxygen atoms in total. The molecule has 0 bridgehead atoms. The molecule has 3 amide bonds. The molecule has 2 fully saturated rings. The number of amides is 3. The van der Waals surface area contributed by atoms with Gasteiger partial charge in [0, 0.05) is 34.8 Å². The van der Waals surface area contributed by atoms with Gasteiger partial charge in [-0.3, -0.25) is 29.4 Å². The first-order valence-corrected chi connectivity index (χ1v) is 10.1. The number of fused-ring (bicyclic) bond motifs is 4. The van der Waals surface area contributed by atoms with Gasteiger partial charge in [0.15, 0.2) is 0 Å². The summed E-state index contributed by atoms with van der Waals surface area (Å²) in [5.74, 6) is -3.91. The van der Waals surface area contributed by atoms with Crippen LogP contribution in [-0.2, 0) is 24.7 Å². The Balaban J connectivity index is 1.85. The highest BCUT2D eigenvalue weighted by atomic mass is 35.5. The molecule has 3 heterocycles. The number of aliphatic carboxylic acids is 1. The van der Waals surface area contributed by atoms with Crippen molar-refractivity contribution in [2.45, 2.75) is 50.7 Å². The van der Waals surface area contributed by atoms with E-state index in [0.29, 0.717) is 22.7 Å². The lowest BCUT2D eigenvalue weighted by molar-refractivity contribution is -0.145. The standard InChI is InChI=1S/C20H22ClN3O5/c1-3-9(2)24-17(27)15-13(6-7-14(25)26)23-20(16(15)18(24)28)11-8-10(21)4-5-12(11)22-19(20)29/h4-5,8-9,13,15-16,23H,3,6-7H2,1-2H3,(H,22,29)(H,25,26)/t9-,13-,15+,16+,20-/m0/s1. The summed E-state index contributed by atoms with van der Waals surface area (Å²) in [5.41, 5.74) is -0.384. The van der Waals surface area contributed by atoms with E-state index in [1.165, 1.54) is 4.90 Å². The molecular formula is C20H22ClN3O5. The van der Waals surface area contributed by atoms with Crippen LogP contribution in [-0.4, -0.2) is 45.8 Å². The van der Waals surface area contributed by atoms with Crippen LogP contribution in [0.1, 0.15) is 38.7 Å². The zero-order chi connectivity index (χ0) is 21.1. The van der Waals surface area contributed by atoms with Gasteiger partial charge >= 0.3 is 5.97 Å². The molecule has 3 aliphatic rings. The number of carboxylic acid groups (broad SMARTS) is 1. The van der Waals surface area contributed by atoms with Crippen molar-refractivity contribution in [3.63, 3.8) is 0 Å². The van der Waals surface area contributed by atoms with Gasteiger partial charge in [-0.25, -0.2) is 0 Å². The van der Waals surface area contributed by atoms with E-state index in [1.54, 1.807) is 25.1 Å². The minimum Gasteiger partial charge on any atom is -0.481 e. The first-order chi connectivity index (χ1) is 13.7. The van der Waals surface area contributed by atoms with Gasteiger partial charge in [-0.2, -0.15) is 0 Å². The van der Waals surface area contributed by atoms with Crippen molar-refractivity contribution < 1.29 is 24.3 Å². The average Bonchev–Trinajstić information content (AvgIpc) is 3.25. The van der Waals surface area contributed by atoms with Crippen LogP contribution in [0.15, 0.2) is 18.2 Å². The van der Waals surface area contributed by atoms with Gasteiger partial charge in [0.25, 0.3) is 0 Å². The number of likely N-dealkylation sites (tertiary alicyclic amines) is 1. The third-order valence-electron chi connectivity index (χ3n) is 6.41. The van der Waals surface area contributed by atoms with E-state index in [4.69, 9.17) is 16.7 Å². The summed E-state index contributed by atoms with van der Waals surface area (Å²) in [6.45, 7) is 3.68. The fourth-order valence-corrected chi connectivity index (χ4v) is 5.11. The van der Waals surface area contributed by atoms with Crippen molar-refractivity contribution in [2.24, 2.45) is 11.8 Å². The molecule has 0 unspecified atom stereocenters. The molecule has 29 heavy (non-hydrogen) atoms. The third kappa shape index (κ3) is 2.69. The Kier molecular flexibility index (Phi) is 4.66. The number of nitrogens with one attached hydrogen (secondary N) is 2. The second kappa shape index (κ2) is 6.81. The number of carboxylic acids is 1. The van der Waals surface area contributed by atoms with Crippen LogP contribution in [0.25, 0.3) is 0 Å². The molecule has 0 saturated carbocycles. The lowest BCUT2D eigenvalue weighted by Gasteiger charge is -2.31. The summed E-state index contributed by atoms with van der Waals surface area (Å²) in [5, 5.41) is 15.5. The van der Waals surface area contributed by atoms with Crippen LogP contribution in [0, 0.1) is 11.8 Å². The molecule has 1 spiro atoms. The highest BCUT2D eigenvalue weighted by Gasteiger charge is 2.70. The molecule has 9 heteroatoms. The number of hydrogen-bond acceptors (Lipinski definition) is 5. The molecular weight excluding hydrogens is 398 g/mol. The molecule has 1 aromatic rings. The fourth-order valence-electron chi connectivity index (χ4n) is 4.94. The van der Waals surface area contributed by atoms with Crippen LogP contribution in [0.3, 0.4) is 0 Å². The van der Waals surface area contributed by atoms with Crippen LogP contribution in [0.4, 0.5) is 5.69 Å². The average molecular weight is 420 g/mol. The molecule has 2 saturated heterocycles. The number of carbonyl (C=O) groups excluding carboxylic acids is 3. The summed E-state index contributed by atoms with van der Waals surface area (Å²) in [6.07, 6.45) is 0.548. The first kappa shape index (κ1) is 19.8. The fraction of sp³-hybridized carbons (Fsp3) is 0.500. The van der Waals surface area contributed by atoms with Crippen LogP contribution in [0.2, 0.25) is 5.02 Å². The van der Waals surface area contributed by atoms with Crippen LogP contribution < -0.4 is 10.6 Å². The Morgan fingerprint density at radius 3 is 2.69 bits per heavy atom. The SMILES string of the molecule is CC[C@H](C)N1C(=O)[C@@H]2[C@H](CCC(=O)O)N[C@]3(C(=O)Nc4ccc(Cl)cc43)[C@H]2C1=O. The van der Waals surface area contributed by atoms with Gasteiger partial charge in [0.1, 0.15) is 5.54 Å². The maximum Gasteiger partial charge on any atom is 0.303 e. The van der Waals surface area contributed by atoms with Gasteiger partial charge in [-0.05, 0) is 38.0 Å². The van der Waals surface area contributed by atoms with Crippen LogP contribution >= 0.6 is 11.6 Å². The van der Waals surface area contributed by atoms with Crippen molar-refractivity contribution in [2.75, 3.05) is 5.32 Å². The molecule has 5 atom stereocenters. The molecule has 0 aliphatic carbocycles. The van der Waals surface area contributed by atoms with E-state index < -0.39 is 41.2 Å². The number of hydrogen-bond donors (Lipinski definition) is 3. The molecule has 3 N–H and O–H groups in total. The number of benzene rings is 1. The third-order valence-corrected chi connectivity index (χ3v) is 6.65. The largest absolute Gasteiger partial charge is 0.481 e. The van der Waals surface area contributed by atoms with E-state index in [-0.39, 0.29) is 24.8 Å². The molecule has 3 aliphatic heterocycles. The smallest absolute Gasteiger partial charge is 0.303 e. The minimum atomic E-state index is -1.44. The Morgan fingerprint density at radius 2 is 2.03 bits per heavy atom. The van der Waals surface area contributed by atoms with E-state index >= 15 is 0 Å². The number of anilines is 1. The lowest BCUT2D eigenvalue weighted by atomic mass is 9.76. The number of nitrogens with zero attached hydrogens (tertiary/aromatic N) is 1. The second-order valence-electron chi connectivity index (χ2n) is 7.94. The van der Waals surface area contributed by atoms with Crippen molar-refractivity contribution in [1.82, 2.24) is 10.2 Å². The Bertz CT molecular complexity index is 935. The Hall–Kier alpha value is -2.45. The summed E-state index contributed by atoms with van der Waals surface area (Å²) in [6, 6.07) is 4.01. The van der Waals surface area contributed by atoms with Gasteiger partial charge in [0.2, 0.25) is 17.7 Å². The van der Waals surface area contributed by atoms with Gasteiger partial charge in [-0.1, -0.05) is 18.5 Å². The summed E-state index contributed by atoms with van der Waals surface area (Å²) < 4.78 is 0. The zero-order valence-electron chi connectivity index (χ0n) is 16.1. The van der Waals surface area contributed by atoms with Crippen molar-refractivity contribution in [3.8, 4) is 0 Å². The maximum atomic E-state index is 13.4. The topological polar surface area (TPSA) is 116 Å². The van der Waals surface area contributed by atoms with E-state index in [9.17, 15) is 19.2 Å². The number of halogens is 1. The van der Waals surface area contributed by atoms with Gasteiger partial charge in [-0.15, -0.1) is 0 Å². The highest BCUT2D eigenvalue weighted by molar-refractivity contribution is 6.31. The van der Waals surface area contributed by atoms with Crippen molar-refractivity contribution in [3.05, 3.63) is 28.8 Å². The highest BCUT2D eigenvalue weighted by Crippen LogP contribution is 2.54. The summed E-state index contributed by atoms with van der Waals surface area (Å²) in [4.78, 5) is 52.2. The predicted octanol–water partition coefficient (Wildman–Crippen LogP) is 1.72. The summed E-state index contributed by atoms with van der Waals surface area (Å²) >= 11 is 6.17. The number of imide groups is 1. The minimum absolute atomic E-state index is 0.134. The Morgan fingerprint density at radius 1 is 1.31 bits per heavy atom. The van der Waals surface area contributed by atoms with E-state index in [1.807, 2.05) is 6.92 Å². The molecule has 1 aromatic carbocycles. The maximum absolute atomic E-state index is 13.4. The van der Waals surface area contributed by atoms with E-state index in [0.717, 1.165) is 0 Å². The Labute approximate surface area is 172 Å². The molecule has 154 valence electrons. The van der Waals surface area contributed by atoms with Crippen molar-refractivity contribution >= 4 is 41.0 Å². The summed E-state index contributed by atoms with van der Waals surface area (Å²) in [7, 11) is 0. The molecule has 0 aromatic heterocycles.